The lowest BCUT2D eigenvalue weighted by molar-refractivity contribution is 0.0689. The molecule has 92 valence electrons. The molecule has 1 N–H and O–H groups in total. The van der Waals surface area contributed by atoms with Crippen molar-refractivity contribution in [3.8, 4) is 5.82 Å². The molecule has 3 rings (SSSR count). The molecule has 0 fully saturated rings. The van der Waals surface area contributed by atoms with Gasteiger partial charge >= 0.3 is 5.97 Å². The van der Waals surface area contributed by atoms with E-state index in [2.05, 4.69) is 15.2 Å². The van der Waals surface area contributed by atoms with Crippen LogP contribution < -0.4 is 0 Å². The maximum atomic E-state index is 10.7. The van der Waals surface area contributed by atoms with Crippen LogP contribution in [0.3, 0.4) is 0 Å². The fourth-order valence-corrected chi connectivity index (χ4v) is 2.23. The molecule has 2 heterocycles. The molecule has 18 heavy (non-hydrogen) atoms. The summed E-state index contributed by atoms with van der Waals surface area (Å²) in [6, 6.07) is 3.12. The van der Waals surface area contributed by atoms with Gasteiger partial charge in [-0.2, -0.15) is 0 Å². The molecule has 0 atom stereocenters. The highest BCUT2D eigenvalue weighted by molar-refractivity contribution is 5.85. The van der Waals surface area contributed by atoms with E-state index >= 15 is 0 Å². The minimum Gasteiger partial charge on any atom is -0.476 e. The molecule has 6 nitrogen and oxygen atoms in total. The summed E-state index contributed by atoms with van der Waals surface area (Å²) in [4.78, 5) is 15.1. The van der Waals surface area contributed by atoms with Crippen molar-refractivity contribution in [1.29, 1.82) is 0 Å². The van der Waals surface area contributed by atoms with E-state index in [1.807, 2.05) is 4.57 Å². The van der Waals surface area contributed by atoms with Crippen molar-refractivity contribution < 1.29 is 9.90 Å². The van der Waals surface area contributed by atoms with Gasteiger partial charge in [-0.25, -0.2) is 9.78 Å². The first-order chi connectivity index (χ1) is 8.75. The molecule has 2 aromatic rings. The molecule has 0 saturated carbocycles. The molecule has 0 aliphatic heterocycles. The number of imidazole rings is 1. The molecule has 0 unspecified atom stereocenters. The Morgan fingerprint density at radius 2 is 2.06 bits per heavy atom. The Hall–Kier alpha value is -2.24. The first-order valence-electron chi connectivity index (χ1n) is 5.88. The van der Waals surface area contributed by atoms with Crippen molar-refractivity contribution in [2.75, 3.05) is 0 Å². The van der Waals surface area contributed by atoms with Crippen molar-refractivity contribution in [1.82, 2.24) is 19.7 Å². The second kappa shape index (κ2) is 4.21. The highest BCUT2D eigenvalue weighted by atomic mass is 16.4. The molecule has 0 amide bonds. The number of aromatic nitrogens is 4. The molecule has 0 bridgehead atoms. The zero-order valence-electron chi connectivity index (χ0n) is 9.70. The van der Waals surface area contributed by atoms with Crippen molar-refractivity contribution in [3.05, 3.63) is 35.5 Å². The second-order valence-electron chi connectivity index (χ2n) is 4.30. The van der Waals surface area contributed by atoms with Crippen LogP contribution in [0.25, 0.3) is 5.82 Å². The number of carboxylic acids is 1. The Balaban J connectivity index is 1.99. The molecule has 6 heteroatoms. The monoisotopic (exact) mass is 244 g/mol. The van der Waals surface area contributed by atoms with E-state index in [9.17, 15) is 4.79 Å². The summed E-state index contributed by atoms with van der Waals surface area (Å²) in [6.07, 6.45) is 6.05. The van der Waals surface area contributed by atoms with Gasteiger partial charge in [0.05, 0.1) is 5.69 Å². The number of rotatable bonds is 2. The summed E-state index contributed by atoms with van der Waals surface area (Å²) in [5.41, 5.74) is 2.23. The van der Waals surface area contributed by atoms with Gasteiger partial charge in [0.15, 0.2) is 11.5 Å². The van der Waals surface area contributed by atoms with Crippen LogP contribution in [0.1, 0.15) is 34.7 Å². The third-order valence-corrected chi connectivity index (χ3v) is 3.15. The summed E-state index contributed by atoms with van der Waals surface area (Å²) in [6.45, 7) is 0. The molecule has 2 aromatic heterocycles. The smallest absolute Gasteiger partial charge is 0.356 e. The van der Waals surface area contributed by atoms with E-state index in [4.69, 9.17) is 5.11 Å². The van der Waals surface area contributed by atoms with Gasteiger partial charge < -0.3 is 5.11 Å². The van der Waals surface area contributed by atoms with Gasteiger partial charge in [0.1, 0.15) is 6.33 Å². The molecule has 0 spiro atoms. The largest absolute Gasteiger partial charge is 0.476 e. The quantitative estimate of drug-likeness (QED) is 0.859. The molecule has 0 saturated heterocycles. The van der Waals surface area contributed by atoms with Crippen LogP contribution in [0, 0.1) is 0 Å². The Kier molecular flexibility index (Phi) is 2.55. The maximum absolute atomic E-state index is 10.7. The molecular weight excluding hydrogens is 232 g/mol. The summed E-state index contributed by atoms with van der Waals surface area (Å²) in [7, 11) is 0. The Morgan fingerprint density at radius 3 is 2.78 bits per heavy atom. The van der Waals surface area contributed by atoms with Crippen LogP contribution in [0.4, 0.5) is 0 Å². The maximum Gasteiger partial charge on any atom is 0.356 e. The number of hydrogen-bond acceptors (Lipinski definition) is 4. The lowest BCUT2D eigenvalue weighted by Crippen LogP contribution is -2.09. The van der Waals surface area contributed by atoms with Crippen molar-refractivity contribution >= 4 is 5.97 Å². The van der Waals surface area contributed by atoms with E-state index in [0.717, 1.165) is 25.0 Å². The Labute approximate surface area is 103 Å². The normalized spacial score (nSPS) is 14.2. The van der Waals surface area contributed by atoms with Crippen molar-refractivity contribution in [2.24, 2.45) is 0 Å². The third-order valence-electron chi connectivity index (χ3n) is 3.15. The van der Waals surface area contributed by atoms with Crippen LogP contribution >= 0.6 is 0 Å². The average molecular weight is 244 g/mol. The minimum absolute atomic E-state index is 0.0484. The summed E-state index contributed by atoms with van der Waals surface area (Å²) >= 11 is 0. The fraction of sp³-hybridized carbons (Fsp3) is 0.333. The van der Waals surface area contributed by atoms with Gasteiger partial charge in [-0.3, -0.25) is 4.57 Å². The van der Waals surface area contributed by atoms with Gasteiger partial charge in [-0.15, -0.1) is 10.2 Å². The van der Waals surface area contributed by atoms with Gasteiger partial charge in [-0.05, 0) is 37.8 Å². The summed E-state index contributed by atoms with van der Waals surface area (Å²) < 4.78 is 1.90. The molecule has 0 radical (unpaired) electrons. The van der Waals surface area contributed by atoms with Crippen LogP contribution in [-0.4, -0.2) is 30.8 Å². The lowest BCUT2D eigenvalue weighted by Gasteiger charge is -2.12. The predicted octanol–water partition coefficient (Wildman–Crippen LogP) is 1.24. The van der Waals surface area contributed by atoms with Gasteiger partial charge in [0, 0.05) is 5.69 Å². The Bertz CT molecular complexity index is 589. The fourth-order valence-electron chi connectivity index (χ4n) is 2.23. The number of carbonyl (C=O) groups is 1. The minimum atomic E-state index is -1.07. The number of carboxylic acid groups (broad SMARTS) is 1. The highest BCUT2D eigenvalue weighted by Crippen LogP contribution is 2.21. The van der Waals surface area contributed by atoms with E-state index in [1.54, 1.807) is 12.4 Å². The molecular formula is C12H12N4O2. The van der Waals surface area contributed by atoms with Crippen LogP contribution in [0.5, 0.6) is 0 Å². The summed E-state index contributed by atoms with van der Waals surface area (Å²) in [5.74, 6) is -0.447. The number of nitrogens with zero attached hydrogens (tertiary/aromatic N) is 4. The first kappa shape index (κ1) is 10.9. The summed E-state index contributed by atoms with van der Waals surface area (Å²) in [5, 5.41) is 16.4. The van der Waals surface area contributed by atoms with Crippen LogP contribution in [0.2, 0.25) is 0 Å². The predicted molar refractivity (Wildman–Crippen MR) is 62.8 cm³/mol. The zero-order valence-corrected chi connectivity index (χ0v) is 9.70. The van der Waals surface area contributed by atoms with Crippen LogP contribution in [0.15, 0.2) is 18.5 Å². The lowest BCUT2D eigenvalue weighted by atomic mass is 10.0. The van der Waals surface area contributed by atoms with E-state index in [0.29, 0.717) is 5.82 Å². The third kappa shape index (κ3) is 1.75. The Morgan fingerprint density at radius 1 is 1.22 bits per heavy atom. The standard InChI is InChI=1S/C12H12N4O2/c17-12(18)9-5-6-11(15-14-9)16-7-13-8-3-1-2-4-10(8)16/h5-7H,1-4H2,(H,17,18). The molecule has 1 aliphatic rings. The number of fused-ring (bicyclic) bond motifs is 1. The van der Waals surface area contributed by atoms with Crippen LogP contribution in [-0.2, 0) is 12.8 Å². The SMILES string of the molecule is O=C(O)c1ccc(-n2cnc3c2CCCC3)nn1. The van der Waals surface area contributed by atoms with Gasteiger partial charge in [0.2, 0.25) is 0 Å². The zero-order chi connectivity index (χ0) is 12.5. The molecule has 0 aromatic carbocycles. The average Bonchev–Trinajstić information content (AvgIpc) is 2.82. The number of aryl methyl sites for hydroxylation is 1. The van der Waals surface area contributed by atoms with E-state index in [-0.39, 0.29) is 5.69 Å². The number of hydrogen-bond donors (Lipinski definition) is 1. The first-order valence-corrected chi connectivity index (χ1v) is 5.88. The second-order valence-corrected chi connectivity index (χ2v) is 4.30. The topological polar surface area (TPSA) is 80.9 Å². The van der Waals surface area contributed by atoms with Crippen molar-refractivity contribution in [2.45, 2.75) is 25.7 Å². The van der Waals surface area contributed by atoms with E-state index < -0.39 is 5.97 Å². The van der Waals surface area contributed by atoms with Crippen molar-refractivity contribution in [3.63, 3.8) is 0 Å². The highest BCUT2D eigenvalue weighted by Gasteiger charge is 2.17. The van der Waals surface area contributed by atoms with E-state index in [1.165, 1.54) is 18.2 Å². The van der Waals surface area contributed by atoms with Gasteiger partial charge in [0.25, 0.3) is 0 Å². The van der Waals surface area contributed by atoms with Gasteiger partial charge in [-0.1, -0.05) is 0 Å². The molecule has 1 aliphatic carbocycles. The number of aromatic carboxylic acids is 1.